The van der Waals surface area contributed by atoms with Crippen LogP contribution in [-0.2, 0) is 9.53 Å². The van der Waals surface area contributed by atoms with Crippen molar-refractivity contribution in [2.24, 2.45) is 5.92 Å². The van der Waals surface area contributed by atoms with Crippen LogP contribution < -0.4 is 0 Å². The van der Waals surface area contributed by atoms with Gasteiger partial charge in [-0.05, 0) is 6.92 Å². The molecule has 0 unspecified atom stereocenters. The number of carbonyl (C=O) groups excluding carboxylic acids is 1. The van der Waals surface area contributed by atoms with Gasteiger partial charge in [-0.3, -0.25) is 4.79 Å². The van der Waals surface area contributed by atoms with Gasteiger partial charge in [-0.2, -0.15) is 0 Å². The predicted octanol–water partition coefficient (Wildman–Crippen LogP) is 1.80. The Hall–Kier alpha value is -0.630. The van der Waals surface area contributed by atoms with E-state index < -0.39 is 0 Å². The smallest absolute Gasteiger partial charge is 0.160 e. The van der Waals surface area contributed by atoms with E-state index in [1.54, 1.807) is 0 Å². The van der Waals surface area contributed by atoms with Gasteiger partial charge in [0.05, 0.1) is 6.61 Å². The first-order chi connectivity index (χ1) is 5.18. The summed E-state index contributed by atoms with van der Waals surface area (Å²) in [4.78, 5) is 11.0. The Kier molecular flexibility index (Phi) is 5.75. The van der Waals surface area contributed by atoms with Crippen molar-refractivity contribution in [3.63, 3.8) is 0 Å². The van der Waals surface area contributed by atoms with E-state index in [0.717, 1.165) is 0 Å². The average molecular weight is 156 g/mol. The molecule has 64 valence electrons. The van der Waals surface area contributed by atoms with Crippen molar-refractivity contribution in [3.05, 3.63) is 12.2 Å². The fourth-order valence-electron chi connectivity index (χ4n) is 0.490. The molecule has 0 N–H and O–H groups in total. The number of rotatable bonds is 5. The number of ketones is 1. The van der Waals surface area contributed by atoms with Gasteiger partial charge < -0.3 is 4.74 Å². The third kappa shape index (κ3) is 5.80. The molecule has 0 aromatic rings. The van der Waals surface area contributed by atoms with Crippen LogP contribution in [0, 0.1) is 5.92 Å². The van der Waals surface area contributed by atoms with Crippen LogP contribution >= 0.6 is 0 Å². The zero-order chi connectivity index (χ0) is 8.69. The highest BCUT2D eigenvalue weighted by molar-refractivity contribution is 5.81. The molecule has 0 saturated heterocycles. The molecule has 0 bridgehead atoms. The van der Waals surface area contributed by atoms with Crippen molar-refractivity contribution >= 4 is 5.78 Å². The minimum Gasteiger partial charge on any atom is -0.370 e. The predicted molar refractivity (Wildman–Crippen MR) is 45.5 cm³/mol. The van der Waals surface area contributed by atoms with Crippen LogP contribution in [-0.4, -0.2) is 19.0 Å². The molecular formula is C9H16O2. The second kappa shape index (κ2) is 6.10. The third-order valence-electron chi connectivity index (χ3n) is 1.34. The molecule has 0 amide bonds. The van der Waals surface area contributed by atoms with Crippen LogP contribution in [0.25, 0.3) is 0 Å². The molecule has 2 nitrogen and oxygen atoms in total. The summed E-state index contributed by atoms with van der Waals surface area (Å²) in [5, 5.41) is 0. The second-order valence-corrected chi connectivity index (χ2v) is 2.71. The fraction of sp³-hybridized carbons (Fsp3) is 0.667. The quantitative estimate of drug-likeness (QED) is 0.448. The van der Waals surface area contributed by atoms with Gasteiger partial charge in [0.15, 0.2) is 5.78 Å². The first-order valence-corrected chi connectivity index (χ1v) is 3.90. The van der Waals surface area contributed by atoms with E-state index >= 15 is 0 Å². The average Bonchev–Trinajstić information content (AvgIpc) is 1.97. The van der Waals surface area contributed by atoms with E-state index in [9.17, 15) is 4.79 Å². The van der Waals surface area contributed by atoms with Gasteiger partial charge in [-0.25, -0.2) is 0 Å². The summed E-state index contributed by atoms with van der Waals surface area (Å²) in [5.41, 5.74) is 0. The minimum absolute atomic E-state index is 0.0839. The summed E-state index contributed by atoms with van der Waals surface area (Å²) in [7, 11) is 0. The lowest BCUT2D eigenvalue weighted by Gasteiger charge is -2.02. The lowest BCUT2D eigenvalue weighted by atomic mass is 10.1. The molecule has 2 heteroatoms. The Bertz CT molecular complexity index is 136. The Morgan fingerprint density at radius 1 is 1.55 bits per heavy atom. The van der Waals surface area contributed by atoms with Crippen LogP contribution in [0.2, 0.25) is 0 Å². The first-order valence-electron chi connectivity index (χ1n) is 3.90. The standard InChI is InChI=1S/C9H16O2/c1-4-5-6-11-7-9(10)8(2)3/h4-5,8H,6-7H2,1-3H3. The number of Topliss-reactive ketones (excluding diaryl/α,β-unsaturated/α-hetero) is 1. The molecule has 0 aliphatic heterocycles. The molecular weight excluding hydrogens is 140 g/mol. The van der Waals surface area contributed by atoms with E-state index in [1.807, 2.05) is 32.9 Å². The van der Waals surface area contributed by atoms with Crippen LogP contribution in [0.1, 0.15) is 20.8 Å². The van der Waals surface area contributed by atoms with E-state index in [1.165, 1.54) is 0 Å². The second-order valence-electron chi connectivity index (χ2n) is 2.71. The van der Waals surface area contributed by atoms with Crippen molar-refractivity contribution in [2.75, 3.05) is 13.2 Å². The minimum atomic E-state index is 0.0839. The molecule has 0 aromatic heterocycles. The number of hydrogen-bond donors (Lipinski definition) is 0. The Morgan fingerprint density at radius 2 is 2.18 bits per heavy atom. The number of allylic oxidation sites excluding steroid dienone is 1. The molecule has 0 heterocycles. The molecule has 0 fully saturated rings. The maximum Gasteiger partial charge on any atom is 0.160 e. The van der Waals surface area contributed by atoms with E-state index in [2.05, 4.69) is 0 Å². The summed E-state index contributed by atoms with van der Waals surface area (Å²) >= 11 is 0. The zero-order valence-corrected chi connectivity index (χ0v) is 7.46. The van der Waals surface area contributed by atoms with E-state index in [0.29, 0.717) is 6.61 Å². The van der Waals surface area contributed by atoms with Crippen molar-refractivity contribution in [1.82, 2.24) is 0 Å². The summed E-state index contributed by atoms with van der Waals surface area (Å²) in [6, 6.07) is 0. The third-order valence-corrected chi connectivity index (χ3v) is 1.34. The first kappa shape index (κ1) is 10.4. The van der Waals surface area contributed by atoms with Crippen LogP contribution in [0.4, 0.5) is 0 Å². The summed E-state index contributed by atoms with van der Waals surface area (Å²) in [5.74, 6) is 0.245. The molecule has 0 spiro atoms. The Labute approximate surface area is 68.2 Å². The molecule has 0 saturated carbocycles. The molecule has 0 rings (SSSR count). The lowest BCUT2D eigenvalue weighted by molar-refractivity contribution is -0.126. The Balaban J connectivity index is 3.32. The van der Waals surface area contributed by atoms with Gasteiger partial charge in [0.25, 0.3) is 0 Å². The van der Waals surface area contributed by atoms with E-state index in [-0.39, 0.29) is 18.3 Å². The van der Waals surface area contributed by atoms with Gasteiger partial charge >= 0.3 is 0 Å². The fourth-order valence-corrected chi connectivity index (χ4v) is 0.490. The van der Waals surface area contributed by atoms with Crippen molar-refractivity contribution < 1.29 is 9.53 Å². The maximum atomic E-state index is 11.0. The van der Waals surface area contributed by atoms with Crippen LogP contribution in [0.3, 0.4) is 0 Å². The molecule has 0 atom stereocenters. The summed E-state index contributed by atoms with van der Waals surface area (Å²) in [6.07, 6.45) is 3.79. The molecule has 0 aromatic carbocycles. The molecule has 0 aliphatic rings. The number of carbonyl (C=O) groups is 1. The van der Waals surface area contributed by atoms with Gasteiger partial charge in [0, 0.05) is 5.92 Å². The van der Waals surface area contributed by atoms with Gasteiger partial charge in [-0.1, -0.05) is 26.0 Å². The maximum absolute atomic E-state index is 11.0. The van der Waals surface area contributed by atoms with E-state index in [4.69, 9.17) is 4.74 Å². The summed E-state index contributed by atoms with van der Waals surface area (Å²) < 4.78 is 5.06. The van der Waals surface area contributed by atoms with Crippen LogP contribution in [0.15, 0.2) is 12.2 Å². The SMILES string of the molecule is CC=CCOCC(=O)C(C)C. The lowest BCUT2D eigenvalue weighted by Crippen LogP contribution is -2.14. The largest absolute Gasteiger partial charge is 0.370 e. The monoisotopic (exact) mass is 156 g/mol. The highest BCUT2D eigenvalue weighted by Crippen LogP contribution is 1.94. The summed E-state index contributed by atoms with van der Waals surface area (Å²) in [6.45, 7) is 6.45. The number of ether oxygens (including phenoxy) is 1. The van der Waals surface area contributed by atoms with Crippen molar-refractivity contribution in [3.8, 4) is 0 Å². The number of hydrogen-bond acceptors (Lipinski definition) is 2. The molecule has 11 heavy (non-hydrogen) atoms. The van der Waals surface area contributed by atoms with Crippen LogP contribution in [0.5, 0.6) is 0 Å². The van der Waals surface area contributed by atoms with Gasteiger partial charge in [0.2, 0.25) is 0 Å². The molecule has 0 aliphatic carbocycles. The molecule has 0 radical (unpaired) electrons. The van der Waals surface area contributed by atoms with Gasteiger partial charge in [0.1, 0.15) is 6.61 Å². The highest BCUT2D eigenvalue weighted by atomic mass is 16.5. The van der Waals surface area contributed by atoms with Gasteiger partial charge in [-0.15, -0.1) is 0 Å². The topological polar surface area (TPSA) is 26.3 Å². The zero-order valence-electron chi connectivity index (χ0n) is 7.46. The normalized spacial score (nSPS) is 11.3. The van der Waals surface area contributed by atoms with Crippen molar-refractivity contribution in [1.29, 1.82) is 0 Å². The highest BCUT2D eigenvalue weighted by Gasteiger charge is 2.05. The Morgan fingerprint density at radius 3 is 2.64 bits per heavy atom. The van der Waals surface area contributed by atoms with Crippen molar-refractivity contribution in [2.45, 2.75) is 20.8 Å².